The number of aryl methyl sites for hydroxylation is 1. The summed E-state index contributed by atoms with van der Waals surface area (Å²) >= 11 is 0. The van der Waals surface area contributed by atoms with E-state index in [1.807, 2.05) is 0 Å². The fraction of sp³-hybridized carbons (Fsp3) is 0.533. The topological polar surface area (TPSA) is 29.9 Å². The standard InChI is InChI=1S/C15H21N3/c1-2-15-17-13-5-3-4-6-14(13)18(15)11-12-7-9-16-10-8-12/h3-6,12,16H,2,7-11H2,1H3. The Hall–Kier alpha value is -1.35. The molecule has 0 radical (unpaired) electrons. The van der Waals surface area contributed by atoms with Gasteiger partial charge in [0.2, 0.25) is 0 Å². The number of hydrogen-bond acceptors (Lipinski definition) is 2. The fourth-order valence-corrected chi connectivity index (χ4v) is 2.92. The van der Waals surface area contributed by atoms with Crippen molar-refractivity contribution in [2.45, 2.75) is 32.7 Å². The third-order valence-corrected chi connectivity index (χ3v) is 3.95. The molecular formula is C15H21N3. The average Bonchev–Trinajstić information content (AvgIpc) is 2.78. The van der Waals surface area contributed by atoms with Gasteiger partial charge >= 0.3 is 0 Å². The summed E-state index contributed by atoms with van der Waals surface area (Å²) in [5.41, 5.74) is 2.44. The maximum Gasteiger partial charge on any atom is 0.109 e. The van der Waals surface area contributed by atoms with Crippen molar-refractivity contribution in [1.29, 1.82) is 0 Å². The molecule has 0 unspecified atom stereocenters. The summed E-state index contributed by atoms with van der Waals surface area (Å²) in [5, 5.41) is 3.44. The normalized spacial score (nSPS) is 17.4. The highest BCUT2D eigenvalue weighted by molar-refractivity contribution is 5.75. The number of imidazole rings is 1. The van der Waals surface area contributed by atoms with Crippen LogP contribution in [0.4, 0.5) is 0 Å². The first-order valence-corrected chi connectivity index (χ1v) is 7.03. The minimum Gasteiger partial charge on any atom is -0.328 e. The maximum atomic E-state index is 4.74. The number of nitrogens with one attached hydrogen (secondary N) is 1. The van der Waals surface area contributed by atoms with E-state index in [9.17, 15) is 0 Å². The third-order valence-electron chi connectivity index (χ3n) is 3.95. The van der Waals surface area contributed by atoms with Gasteiger partial charge in [-0.2, -0.15) is 0 Å². The Morgan fingerprint density at radius 3 is 2.83 bits per heavy atom. The van der Waals surface area contributed by atoms with Crippen LogP contribution in [0.5, 0.6) is 0 Å². The number of benzene rings is 1. The molecule has 0 aliphatic carbocycles. The zero-order valence-corrected chi connectivity index (χ0v) is 11.0. The number of nitrogens with zero attached hydrogens (tertiary/aromatic N) is 2. The second-order valence-corrected chi connectivity index (χ2v) is 5.17. The summed E-state index contributed by atoms with van der Waals surface area (Å²) in [5.74, 6) is 2.03. The van der Waals surface area contributed by atoms with Gasteiger partial charge in [0, 0.05) is 13.0 Å². The number of aromatic nitrogens is 2. The Kier molecular flexibility index (Phi) is 3.33. The minimum absolute atomic E-state index is 0.800. The van der Waals surface area contributed by atoms with Gasteiger partial charge in [0.15, 0.2) is 0 Å². The highest BCUT2D eigenvalue weighted by Gasteiger charge is 2.16. The molecule has 0 spiro atoms. The van der Waals surface area contributed by atoms with Gasteiger partial charge in [-0.1, -0.05) is 19.1 Å². The maximum absolute atomic E-state index is 4.74. The van der Waals surface area contributed by atoms with Crippen LogP contribution < -0.4 is 5.32 Å². The number of rotatable bonds is 3. The number of hydrogen-bond donors (Lipinski definition) is 1. The molecule has 96 valence electrons. The van der Waals surface area contributed by atoms with Gasteiger partial charge in [-0.3, -0.25) is 0 Å². The molecule has 1 aliphatic rings. The second kappa shape index (κ2) is 5.11. The summed E-state index contributed by atoms with van der Waals surface area (Å²) in [4.78, 5) is 4.74. The molecule has 2 heterocycles. The summed E-state index contributed by atoms with van der Waals surface area (Å²) in [6, 6.07) is 8.50. The molecule has 0 bridgehead atoms. The van der Waals surface area contributed by atoms with Crippen LogP contribution in [-0.4, -0.2) is 22.6 Å². The van der Waals surface area contributed by atoms with Crippen molar-refractivity contribution in [3.8, 4) is 0 Å². The minimum atomic E-state index is 0.800. The quantitative estimate of drug-likeness (QED) is 0.898. The lowest BCUT2D eigenvalue weighted by atomic mass is 9.98. The van der Waals surface area contributed by atoms with E-state index in [1.165, 1.54) is 37.3 Å². The average molecular weight is 243 g/mol. The predicted molar refractivity (Wildman–Crippen MR) is 74.7 cm³/mol. The van der Waals surface area contributed by atoms with Crippen LogP contribution in [0.1, 0.15) is 25.6 Å². The predicted octanol–water partition coefficient (Wildman–Crippen LogP) is 2.60. The van der Waals surface area contributed by atoms with Crippen molar-refractivity contribution in [3.05, 3.63) is 30.1 Å². The number of piperidine rings is 1. The lowest BCUT2D eigenvalue weighted by molar-refractivity contribution is 0.333. The summed E-state index contributed by atoms with van der Waals surface area (Å²) in [6.07, 6.45) is 3.59. The van der Waals surface area contributed by atoms with Crippen LogP contribution in [0.3, 0.4) is 0 Å². The fourth-order valence-electron chi connectivity index (χ4n) is 2.92. The Balaban J connectivity index is 1.93. The molecule has 18 heavy (non-hydrogen) atoms. The van der Waals surface area contributed by atoms with Gasteiger partial charge < -0.3 is 9.88 Å². The van der Waals surface area contributed by atoms with Gasteiger partial charge in [0.05, 0.1) is 11.0 Å². The van der Waals surface area contributed by atoms with Gasteiger partial charge in [0.1, 0.15) is 5.82 Å². The summed E-state index contributed by atoms with van der Waals surface area (Å²) in [7, 11) is 0. The first-order chi connectivity index (χ1) is 8.88. The SMILES string of the molecule is CCc1nc2ccccc2n1CC1CCNCC1. The first kappa shape index (κ1) is 11.7. The van der Waals surface area contributed by atoms with Crippen LogP contribution in [-0.2, 0) is 13.0 Å². The van der Waals surface area contributed by atoms with Crippen molar-refractivity contribution in [2.75, 3.05) is 13.1 Å². The molecule has 1 aromatic heterocycles. The molecule has 1 fully saturated rings. The Bertz CT molecular complexity index is 524. The molecule has 1 N–H and O–H groups in total. The zero-order chi connectivity index (χ0) is 12.4. The molecule has 2 aromatic rings. The Labute approximate surface area is 108 Å². The summed E-state index contributed by atoms with van der Waals surface area (Å²) in [6.45, 7) is 5.66. The van der Waals surface area contributed by atoms with E-state index in [0.29, 0.717) is 0 Å². The van der Waals surface area contributed by atoms with Crippen molar-refractivity contribution in [1.82, 2.24) is 14.9 Å². The van der Waals surface area contributed by atoms with Crippen LogP contribution >= 0.6 is 0 Å². The molecule has 3 nitrogen and oxygen atoms in total. The molecule has 1 aromatic carbocycles. The van der Waals surface area contributed by atoms with Crippen molar-refractivity contribution < 1.29 is 0 Å². The molecule has 3 heteroatoms. The molecular weight excluding hydrogens is 222 g/mol. The van der Waals surface area contributed by atoms with Gasteiger partial charge in [-0.05, 0) is 44.0 Å². The van der Waals surface area contributed by atoms with Crippen LogP contribution in [0.15, 0.2) is 24.3 Å². The number of fused-ring (bicyclic) bond motifs is 1. The number of para-hydroxylation sites is 2. The van der Waals surface area contributed by atoms with E-state index in [0.717, 1.165) is 24.4 Å². The highest BCUT2D eigenvalue weighted by Crippen LogP contribution is 2.21. The molecule has 1 aliphatic heterocycles. The Morgan fingerprint density at radius 2 is 2.06 bits per heavy atom. The van der Waals surface area contributed by atoms with E-state index in [-0.39, 0.29) is 0 Å². The van der Waals surface area contributed by atoms with E-state index in [4.69, 9.17) is 4.98 Å². The van der Waals surface area contributed by atoms with Crippen molar-refractivity contribution in [3.63, 3.8) is 0 Å². The first-order valence-electron chi connectivity index (χ1n) is 7.03. The van der Waals surface area contributed by atoms with Crippen molar-refractivity contribution >= 4 is 11.0 Å². The van der Waals surface area contributed by atoms with Crippen molar-refractivity contribution in [2.24, 2.45) is 5.92 Å². The zero-order valence-electron chi connectivity index (χ0n) is 11.0. The van der Waals surface area contributed by atoms with E-state index in [1.54, 1.807) is 0 Å². The lowest BCUT2D eigenvalue weighted by Crippen LogP contribution is -2.30. The summed E-state index contributed by atoms with van der Waals surface area (Å²) < 4.78 is 2.44. The van der Waals surface area contributed by atoms with E-state index >= 15 is 0 Å². The Morgan fingerprint density at radius 1 is 1.28 bits per heavy atom. The molecule has 3 rings (SSSR count). The van der Waals surface area contributed by atoms with Gasteiger partial charge in [-0.25, -0.2) is 4.98 Å². The third kappa shape index (κ3) is 2.15. The second-order valence-electron chi connectivity index (χ2n) is 5.17. The largest absolute Gasteiger partial charge is 0.328 e. The monoisotopic (exact) mass is 243 g/mol. The molecule has 1 saturated heterocycles. The van der Waals surface area contributed by atoms with E-state index < -0.39 is 0 Å². The molecule has 0 atom stereocenters. The highest BCUT2D eigenvalue weighted by atomic mass is 15.1. The van der Waals surface area contributed by atoms with Crippen LogP contribution in [0, 0.1) is 5.92 Å². The van der Waals surface area contributed by atoms with Crippen LogP contribution in [0.25, 0.3) is 11.0 Å². The smallest absolute Gasteiger partial charge is 0.109 e. The molecule has 0 amide bonds. The van der Waals surface area contributed by atoms with Gasteiger partial charge in [-0.15, -0.1) is 0 Å². The van der Waals surface area contributed by atoms with E-state index in [2.05, 4.69) is 41.1 Å². The molecule has 0 saturated carbocycles. The van der Waals surface area contributed by atoms with Gasteiger partial charge in [0.25, 0.3) is 0 Å². The lowest BCUT2D eigenvalue weighted by Gasteiger charge is -2.24. The van der Waals surface area contributed by atoms with Crippen LogP contribution in [0.2, 0.25) is 0 Å².